The molecule has 0 saturated carbocycles. The number of carbonyl (C=O) groups is 2. The Hall–Kier alpha value is -2.02. The fourth-order valence-corrected chi connectivity index (χ4v) is 2.96. The first-order valence-electron chi connectivity index (χ1n) is 7.51. The molecule has 1 atom stereocenters. The zero-order valence-electron chi connectivity index (χ0n) is 13.8. The van der Waals surface area contributed by atoms with Crippen molar-refractivity contribution < 1.29 is 9.59 Å². The van der Waals surface area contributed by atoms with E-state index in [1.807, 2.05) is 48.9 Å². The molecule has 1 unspecified atom stereocenters. The summed E-state index contributed by atoms with van der Waals surface area (Å²) in [6.45, 7) is 4.03. The van der Waals surface area contributed by atoms with Crippen LogP contribution in [0, 0.1) is 5.92 Å². The van der Waals surface area contributed by atoms with Crippen LogP contribution < -0.4 is 10.6 Å². The van der Waals surface area contributed by atoms with Crippen LogP contribution >= 0.6 is 11.8 Å². The summed E-state index contributed by atoms with van der Waals surface area (Å²) in [5.74, 6) is -0.234. The molecule has 0 bridgehead atoms. The first-order valence-corrected chi connectivity index (χ1v) is 8.74. The number of amides is 2. The van der Waals surface area contributed by atoms with Gasteiger partial charge in [-0.15, -0.1) is 0 Å². The van der Waals surface area contributed by atoms with Crippen LogP contribution in [-0.2, 0) is 4.79 Å². The van der Waals surface area contributed by atoms with Gasteiger partial charge in [-0.25, -0.2) is 4.98 Å². The van der Waals surface area contributed by atoms with Crippen LogP contribution in [0.15, 0.2) is 29.6 Å². The Kier molecular flexibility index (Phi) is 5.65. The lowest BCUT2D eigenvalue weighted by Crippen LogP contribution is -2.46. The minimum atomic E-state index is -0.564. The minimum Gasteiger partial charge on any atom is -0.357 e. The Bertz CT molecular complexity index is 711. The van der Waals surface area contributed by atoms with E-state index in [4.69, 9.17) is 0 Å². The highest BCUT2D eigenvalue weighted by molar-refractivity contribution is 7.98. The third-order valence-corrected chi connectivity index (χ3v) is 4.14. The molecule has 0 aliphatic rings. The van der Waals surface area contributed by atoms with Gasteiger partial charge < -0.3 is 10.6 Å². The van der Waals surface area contributed by atoms with E-state index in [1.165, 1.54) is 11.8 Å². The van der Waals surface area contributed by atoms with Crippen molar-refractivity contribution in [3.8, 4) is 0 Å². The van der Waals surface area contributed by atoms with Gasteiger partial charge in [0, 0.05) is 13.2 Å². The molecule has 6 nitrogen and oxygen atoms in total. The standard InChI is InChI=1S/C16H22N4O2S/c1-10(2)9-11(14(21)17-3)18-15(22)13-12-7-5-6-8-20(12)16(19-13)23-4/h5-8,10-11H,9H2,1-4H3,(H,17,21)(H,18,22). The summed E-state index contributed by atoms with van der Waals surface area (Å²) < 4.78 is 1.87. The second kappa shape index (κ2) is 7.50. The van der Waals surface area contributed by atoms with Crippen LogP contribution in [0.25, 0.3) is 5.52 Å². The van der Waals surface area contributed by atoms with Crippen LogP contribution in [0.4, 0.5) is 0 Å². The predicted molar refractivity (Wildman–Crippen MR) is 91.7 cm³/mol. The first-order chi connectivity index (χ1) is 11.0. The lowest BCUT2D eigenvalue weighted by atomic mass is 10.0. The number of hydrogen-bond acceptors (Lipinski definition) is 4. The van der Waals surface area contributed by atoms with E-state index in [0.29, 0.717) is 12.1 Å². The largest absolute Gasteiger partial charge is 0.357 e. The average molecular weight is 334 g/mol. The summed E-state index contributed by atoms with van der Waals surface area (Å²) in [6.07, 6.45) is 4.36. The Morgan fingerprint density at radius 2 is 2.09 bits per heavy atom. The highest BCUT2D eigenvalue weighted by atomic mass is 32.2. The lowest BCUT2D eigenvalue weighted by molar-refractivity contribution is -0.122. The van der Waals surface area contributed by atoms with Gasteiger partial charge in [0.05, 0.1) is 5.52 Å². The van der Waals surface area contributed by atoms with E-state index in [9.17, 15) is 9.59 Å². The van der Waals surface area contributed by atoms with Gasteiger partial charge in [0.25, 0.3) is 5.91 Å². The van der Waals surface area contributed by atoms with E-state index in [1.54, 1.807) is 7.05 Å². The number of imidazole rings is 1. The van der Waals surface area contributed by atoms with E-state index in [2.05, 4.69) is 15.6 Å². The maximum atomic E-state index is 12.6. The molecule has 0 saturated heterocycles. The van der Waals surface area contributed by atoms with Crippen LogP contribution in [0.3, 0.4) is 0 Å². The zero-order valence-corrected chi connectivity index (χ0v) is 14.6. The van der Waals surface area contributed by atoms with E-state index < -0.39 is 6.04 Å². The van der Waals surface area contributed by atoms with Crippen molar-refractivity contribution in [2.24, 2.45) is 5.92 Å². The Morgan fingerprint density at radius 1 is 1.35 bits per heavy atom. The number of thioether (sulfide) groups is 1. The number of nitrogens with one attached hydrogen (secondary N) is 2. The predicted octanol–water partition coefficient (Wildman–Crippen LogP) is 1.95. The summed E-state index contributed by atoms with van der Waals surface area (Å²) in [4.78, 5) is 29.0. The second-order valence-electron chi connectivity index (χ2n) is 5.67. The molecular weight excluding hydrogens is 312 g/mol. The first kappa shape index (κ1) is 17.3. The van der Waals surface area contributed by atoms with Crippen molar-refractivity contribution in [2.45, 2.75) is 31.5 Å². The number of pyridine rings is 1. The average Bonchev–Trinajstić information content (AvgIpc) is 2.92. The van der Waals surface area contributed by atoms with Crippen LogP contribution in [0.5, 0.6) is 0 Å². The van der Waals surface area contributed by atoms with Crippen molar-refractivity contribution in [1.82, 2.24) is 20.0 Å². The van der Waals surface area contributed by atoms with Crippen molar-refractivity contribution in [3.63, 3.8) is 0 Å². The number of nitrogens with zero attached hydrogens (tertiary/aromatic N) is 2. The van der Waals surface area contributed by atoms with Crippen LogP contribution in [0.2, 0.25) is 0 Å². The van der Waals surface area contributed by atoms with Crippen LogP contribution in [-0.4, -0.2) is 40.5 Å². The third kappa shape index (κ3) is 3.85. The van der Waals surface area contributed by atoms with Gasteiger partial charge in [-0.05, 0) is 30.7 Å². The molecule has 0 aliphatic heterocycles. The molecule has 2 aromatic rings. The van der Waals surface area contributed by atoms with Crippen molar-refractivity contribution >= 4 is 29.1 Å². The number of hydrogen-bond donors (Lipinski definition) is 2. The normalized spacial score (nSPS) is 12.4. The molecule has 0 fully saturated rings. The summed E-state index contributed by atoms with van der Waals surface area (Å²) in [5, 5.41) is 6.15. The molecule has 124 valence electrons. The SMILES string of the molecule is CNC(=O)C(CC(C)C)NC(=O)c1nc(SC)n2ccccc12. The fourth-order valence-electron chi connectivity index (χ4n) is 2.42. The molecule has 0 aliphatic carbocycles. The van der Waals surface area contributed by atoms with Gasteiger partial charge in [-0.3, -0.25) is 14.0 Å². The van der Waals surface area contributed by atoms with E-state index in [-0.39, 0.29) is 17.7 Å². The maximum absolute atomic E-state index is 12.6. The quantitative estimate of drug-likeness (QED) is 0.792. The van der Waals surface area contributed by atoms with Gasteiger partial charge in [0.2, 0.25) is 5.91 Å². The summed E-state index contributed by atoms with van der Waals surface area (Å²) in [5.41, 5.74) is 1.07. The smallest absolute Gasteiger partial charge is 0.272 e. The molecule has 0 radical (unpaired) electrons. The molecule has 0 spiro atoms. The van der Waals surface area contributed by atoms with Crippen molar-refractivity contribution in [3.05, 3.63) is 30.1 Å². The van der Waals surface area contributed by atoms with Gasteiger partial charge in [-0.2, -0.15) is 0 Å². The number of aromatic nitrogens is 2. The molecule has 2 aromatic heterocycles. The van der Waals surface area contributed by atoms with Crippen molar-refractivity contribution in [1.29, 1.82) is 0 Å². The monoisotopic (exact) mass is 334 g/mol. The van der Waals surface area contributed by atoms with Gasteiger partial charge in [-0.1, -0.05) is 31.7 Å². The highest BCUT2D eigenvalue weighted by Crippen LogP contribution is 2.20. The van der Waals surface area contributed by atoms with Crippen molar-refractivity contribution in [2.75, 3.05) is 13.3 Å². The molecule has 2 rings (SSSR count). The van der Waals surface area contributed by atoms with E-state index >= 15 is 0 Å². The van der Waals surface area contributed by atoms with Gasteiger partial charge in [0.15, 0.2) is 10.9 Å². The molecule has 0 aromatic carbocycles. The second-order valence-corrected chi connectivity index (χ2v) is 6.45. The topological polar surface area (TPSA) is 75.5 Å². The Labute approximate surface area is 140 Å². The third-order valence-electron chi connectivity index (χ3n) is 3.49. The molecule has 2 N–H and O–H groups in total. The number of carbonyl (C=O) groups excluding carboxylic acids is 2. The minimum absolute atomic E-state index is 0.194. The molecule has 7 heteroatoms. The summed E-state index contributed by atoms with van der Waals surface area (Å²) in [7, 11) is 1.57. The lowest BCUT2D eigenvalue weighted by Gasteiger charge is -2.18. The molecular formula is C16H22N4O2S. The molecule has 2 heterocycles. The van der Waals surface area contributed by atoms with Gasteiger partial charge in [0.1, 0.15) is 6.04 Å². The maximum Gasteiger partial charge on any atom is 0.272 e. The van der Waals surface area contributed by atoms with Crippen LogP contribution in [0.1, 0.15) is 30.8 Å². The zero-order chi connectivity index (χ0) is 17.0. The number of fused-ring (bicyclic) bond motifs is 1. The summed E-state index contributed by atoms with van der Waals surface area (Å²) in [6, 6.07) is 5.04. The number of likely N-dealkylation sites (N-methyl/N-ethyl adjacent to an activating group) is 1. The van der Waals surface area contributed by atoms with E-state index in [0.717, 1.165) is 10.7 Å². The highest BCUT2D eigenvalue weighted by Gasteiger charge is 2.24. The molecule has 23 heavy (non-hydrogen) atoms. The molecule has 2 amide bonds. The number of rotatable bonds is 6. The Balaban J connectivity index is 2.30. The summed E-state index contributed by atoms with van der Waals surface area (Å²) >= 11 is 1.47. The Morgan fingerprint density at radius 3 is 2.70 bits per heavy atom. The van der Waals surface area contributed by atoms with Gasteiger partial charge >= 0.3 is 0 Å². The fraction of sp³-hybridized carbons (Fsp3) is 0.438.